The standard InChI is InChI=1S/C16H19NO/c1-3-6-12(2)11-16(18)14-9-10-17-15-8-5-4-7-13(14)15/h4-5,7-10,12H,3,6,11H2,1-2H3. The van der Waals surface area contributed by atoms with Crippen LogP contribution in [-0.4, -0.2) is 10.8 Å². The average molecular weight is 241 g/mol. The molecule has 0 fully saturated rings. The van der Waals surface area contributed by atoms with Gasteiger partial charge in [0.1, 0.15) is 0 Å². The van der Waals surface area contributed by atoms with Crippen LogP contribution in [0.25, 0.3) is 10.9 Å². The van der Waals surface area contributed by atoms with Gasteiger partial charge in [-0.3, -0.25) is 9.78 Å². The van der Waals surface area contributed by atoms with E-state index in [4.69, 9.17) is 0 Å². The van der Waals surface area contributed by atoms with Crippen LogP contribution in [0.4, 0.5) is 0 Å². The van der Waals surface area contributed by atoms with Gasteiger partial charge in [0.2, 0.25) is 0 Å². The van der Waals surface area contributed by atoms with E-state index < -0.39 is 0 Å². The fourth-order valence-electron chi connectivity index (χ4n) is 2.36. The van der Waals surface area contributed by atoms with Crippen LogP contribution in [0, 0.1) is 5.92 Å². The SMILES string of the molecule is CCCC(C)CC(=O)c1ccnc2ccccc12. The van der Waals surface area contributed by atoms with Crippen LogP contribution in [0.3, 0.4) is 0 Å². The highest BCUT2D eigenvalue weighted by Gasteiger charge is 2.13. The second-order valence-electron chi connectivity index (χ2n) is 4.90. The molecule has 2 nitrogen and oxygen atoms in total. The molecule has 0 saturated heterocycles. The molecule has 94 valence electrons. The lowest BCUT2D eigenvalue weighted by molar-refractivity contribution is 0.0964. The summed E-state index contributed by atoms with van der Waals surface area (Å²) in [5, 5.41) is 0.966. The van der Waals surface area contributed by atoms with Gasteiger partial charge in [0.05, 0.1) is 5.52 Å². The van der Waals surface area contributed by atoms with Crippen LogP contribution in [0.2, 0.25) is 0 Å². The quantitative estimate of drug-likeness (QED) is 0.733. The van der Waals surface area contributed by atoms with Crippen LogP contribution in [0.5, 0.6) is 0 Å². The van der Waals surface area contributed by atoms with Gasteiger partial charge in [0.25, 0.3) is 0 Å². The second-order valence-corrected chi connectivity index (χ2v) is 4.90. The molecule has 2 heteroatoms. The van der Waals surface area contributed by atoms with Gasteiger partial charge in [0, 0.05) is 23.6 Å². The van der Waals surface area contributed by atoms with Crippen molar-refractivity contribution in [1.82, 2.24) is 4.98 Å². The van der Waals surface area contributed by atoms with Crippen molar-refractivity contribution in [3.05, 3.63) is 42.1 Å². The van der Waals surface area contributed by atoms with E-state index >= 15 is 0 Å². The van der Waals surface area contributed by atoms with Crippen molar-refractivity contribution in [2.75, 3.05) is 0 Å². The number of Topliss-reactive ketones (excluding diaryl/α,β-unsaturated/α-hetero) is 1. The number of para-hydroxylation sites is 1. The zero-order valence-corrected chi connectivity index (χ0v) is 11.0. The van der Waals surface area contributed by atoms with Gasteiger partial charge in [-0.2, -0.15) is 0 Å². The number of nitrogens with zero attached hydrogens (tertiary/aromatic N) is 1. The molecule has 1 heterocycles. The molecule has 0 radical (unpaired) electrons. The molecule has 0 aliphatic rings. The van der Waals surface area contributed by atoms with E-state index in [1.54, 1.807) is 6.20 Å². The number of carbonyl (C=O) groups excluding carboxylic acids is 1. The minimum atomic E-state index is 0.231. The summed E-state index contributed by atoms with van der Waals surface area (Å²) in [5.41, 5.74) is 1.70. The maximum atomic E-state index is 12.3. The van der Waals surface area contributed by atoms with Gasteiger partial charge < -0.3 is 0 Å². The Hall–Kier alpha value is -1.70. The molecule has 1 unspecified atom stereocenters. The Morgan fingerprint density at radius 1 is 1.28 bits per heavy atom. The molecule has 2 rings (SSSR count). The summed E-state index contributed by atoms with van der Waals surface area (Å²) in [5.74, 6) is 0.684. The second kappa shape index (κ2) is 5.76. The molecule has 0 spiro atoms. The molecule has 0 N–H and O–H groups in total. The Morgan fingerprint density at radius 2 is 2.06 bits per heavy atom. The predicted molar refractivity (Wildman–Crippen MR) is 74.8 cm³/mol. The smallest absolute Gasteiger partial charge is 0.163 e. The van der Waals surface area contributed by atoms with Crippen molar-refractivity contribution < 1.29 is 4.79 Å². The van der Waals surface area contributed by atoms with E-state index in [0.717, 1.165) is 29.3 Å². The highest BCUT2D eigenvalue weighted by Crippen LogP contribution is 2.20. The van der Waals surface area contributed by atoms with Gasteiger partial charge in [0.15, 0.2) is 5.78 Å². The fourth-order valence-corrected chi connectivity index (χ4v) is 2.36. The van der Waals surface area contributed by atoms with Crippen molar-refractivity contribution in [3.63, 3.8) is 0 Å². The number of benzene rings is 1. The lowest BCUT2D eigenvalue weighted by Gasteiger charge is -2.10. The van der Waals surface area contributed by atoms with Crippen LogP contribution in [0.1, 0.15) is 43.5 Å². The summed E-state index contributed by atoms with van der Waals surface area (Å²) in [4.78, 5) is 16.6. The average Bonchev–Trinajstić information content (AvgIpc) is 2.38. The van der Waals surface area contributed by atoms with Crippen LogP contribution >= 0.6 is 0 Å². The molecule has 0 bridgehead atoms. The largest absolute Gasteiger partial charge is 0.294 e. The van der Waals surface area contributed by atoms with E-state index in [2.05, 4.69) is 18.8 Å². The van der Waals surface area contributed by atoms with E-state index in [1.807, 2.05) is 30.3 Å². The summed E-state index contributed by atoms with van der Waals surface area (Å²) in [6, 6.07) is 9.66. The third kappa shape index (κ3) is 2.76. The normalized spacial score (nSPS) is 12.6. The minimum absolute atomic E-state index is 0.231. The van der Waals surface area contributed by atoms with Gasteiger partial charge >= 0.3 is 0 Å². The molecule has 0 aliphatic carbocycles. The first-order valence-electron chi connectivity index (χ1n) is 6.59. The lowest BCUT2D eigenvalue weighted by atomic mass is 9.95. The molecule has 1 aromatic heterocycles. The molecule has 0 saturated carbocycles. The number of aromatic nitrogens is 1. The van der Waals surface area contributed by atoms with Crippen LogP contribution < -0.4 is 0 Å². The highest BCUT2D eigenvalue weighted by molar-refractivity contribution is 6.07. The Kier molecular flexibility index (Phi) is 4.08. The number of carbonyl (C=O) groups is 1. The number of hydrogen-bond acceptors (Lipinski definition) is 2. The number of pyridine rings is 1. The summed E-state index contributed by atoms with van der Waals surface area (Å²) in [6.45, 7) is 4.30. The molecule has 1 aromatic carbocycles. The summed E-state index contributed by atoms with van der Waals surface area (Å²) < 4.78 is 0. The third-order valence-corrected chi connectivity index (χ3v) is 3.26. The Balaban J connectivity index is 2.28. The maximum Gasteiger partial charge on any atom is 0.163 e. The molecule has 0 amide bonds. The first-order valence-corrected chi connectivity index (χ1v) is 6.59. The third-order valence-electron chi connectivity index (χ3n) is 3.26. The lowest BCUT2D eigenvalue weighted by Crippen LogP contribution is -2.06. The molecular weight excluding hydrogens is 222 g/mol. The fraction of sp³-hybridized carbons (Fsp3) is 0.375. The molecular formula is C16H19NO. The van der Waals surface area contributed by atoms with Crippen molar-refractivity contribution in [2.45, 2.75) is 33.1 Å². The number of ketones is 1. The van der Waals surface area contributed by atoms with E-state index in [0.29, 0.717) is 12.3 Å². The van der Waals surface area contributed by atoms with Crippen molar-refractivity contribution >= 4 is 16.7 Å². The summed E-state index contributed by atoms with van der Waals surface area (Å²) >= 11 is 0. The van der Waals surface area contributed by atoms with E-state index in [-0.39, 0.29) is 5.78 Å². The van der Waals surface area contributed by atoms with E-state index in [9.17, 15) is 4.79 Å². The topological polar surface area (TPSA) is 30.0 Å². The Morgan fingerprint density at radius 3 is 2.83 bits per heavy atom. The van der Waals surface area contributed by atoms with Crippen molar-refractivity contribution in [1.29, 1.82) is 0 Å². The molecule has 2 aromatic rings. The minimum Gasteiger partial charge on any atom is -0.294 e. The van der Waals surface area contributed by atoms with Crippen molar-refractivity contribution in [3.8, 4) is 0 Å². The van der Waals surface area contributed by atoms with Crippen LogP contribution in [-0.2, 0) is 0 Å². The number of hydrogen-bond donors (Lipinski definition) is 0. The summed E-state index contributed by atoms with van der Waals surface area (Å²) in [7, 11) is 0. The maximum absolute atomic E-state index is 12.3. The van der Waals surface area contributed by atoms with Gasteiger partial charge in [-0.15, -0.1) is 0 Å². The zero-order chi connectivity index (χ0) is 13.0. The Labute approximate surface area is 108 Å². The van der Waals surface area contributed by atoms with Gasteiger partial charge in [-0.1, -0.05) is 44.9 Å². The number of fused-ring (bicyclic) bond motifs is 1. The van der Waals surface area contributed by atoms with Gasteiger partial charge in [-0.25, -0.2) is 0 Å². The summed E-state index contributed by atoms with van der Waals surface area (Å²) in [6.07, 6.45) is 4.59. The number of rotatable bonds is 5. The van der Waals surface area contributed by atoms with Crippen LogP contribution in [0.15, 0.2) is 36.5 Å². The molecule has 1 atom stereocenters. The monoisotopic (exact) mass is 241 g/mol. The first-order chi connectivity index (χ1) is 8.72. The zero-order valence-electron chi connectivity index (χ0n) is 11.0. The predicted octanol–water partition coefficient (Wildman–Crippen LogP) is 4.24. The van der Waals surface area contributed by atoms with E-state index in [1.165, 1.54) is 0 Å². The Bertz CT molecular complexity index is 542. The first kappa shape index (κ1) is 12.7. The van der Waals surface area contributed by atoms with Gasteiger partial charge in [-0.05, 0) is 18.1 Å². The highest BCUT2D eigenvalue weighted by atomic mass is 16.1. The molecule has 0 aliphatic heterocycles. The molecule has 18 heavy (non-hydrogen) atoms. The van der Waals surface area contributed by atoms with Crippen molar-refractivity contribution in [2.24, 2.45) is 5.92 Å².